The second kappa shape index (κ2) is 5.40. The third kappa shape index (κ3) is 2.74. The number of hydrogen-bond donors (Lipinski definition) is 1. The van der Waals surface area contributed by atoms with Gasteiger partial charge in [-0.15, -0.1) is 0 Å². The molecule has 18 heavy (non-hydrogen) atoms. The first-order chi connectivity index (χ1) is 8.49. The predicted molar refractivity (Wildman–Crippen MR) is 76.3 cm³/mol. The quantitative estimate of drug-likeness (QED) is 0.862. The standard InChI is InChI=1S/C16H26N2/c1-10-5-7-14(9-11(10)2)16(17)15-8-6-12(3)18-13(15)4/h6,8,10-11,14,16H,5,7,9,17H2,1-4H3. The molecule has 1 heterocycles. The minimum Gasteiger partial charge on any atom is -0.324 e. The molecule has 100 valence electrons. The maximum atomic E-state index is 6.49. The van der Waals surface area contributed by atoms with Crippen molar-refractivity contribution in [1.29, 1.82) is 0 Å². The molecule has 0 saturated heterocycles. The summed E-state index contributed by atoms with van der Waals surface area (Å²) in [4.78, 5) is 4.54. The Labute approximate surface area is 111 Å². The lowest BCUT2D eigenvalue weighted by Crippen LogP contribution is -2.30. The highest BCUT2D eigenvalue weighted by molar-refractivity contribution is 5.25. The van der Waals surface area contributed by atoms with Gasteiger partial charge in [0.1, 0.15) is 0 Å². The minimum atomic E-state index is 0.160. The summed E-state index contributed by atoms with van der Waals surface area (Å²) >= 11 is 0. The van der Waals surface area contributed by atoms with E-state index in [0.717, 1.165) is 23.2 Å². The van der Waals surface area contributed by atoms with E-state index in [1.165, 1.54) is 24.8 Å². The molecule has 1 aliphatic carbocycles. The van der Waals surface area contributed by atoms with E-state index in [9.17, 15) is 0 Å². The average Bonchev–Trinajstić information content (AvgIpc) is 2.32. The molecular weight excluding hydrogens is 220 g/mol. The molecular formula is C16H26N2. The number of nitrogens with two attached hydrogens (primary N) is 1. The molecule has 1 aromatic heterocycles. The highest BCUT2D eigenvalue weighted by atomic mass is 14.7. The number of rotatable bonds is 2. The number of pyridine rings is 1. The van der Waals surface area contributed by atoms with Crippen LogP contribution in [-0.2, 0) is 0 Å². The third-order valence-corrected chi connectivity index (χ3v) is 4.77. The van der Waals surface area contributed by atoms with Crippen LogP contribution in [0.3, 0.4) is 0 Å². The zero-order valence-corrected chi connectivity index (χ0v) is 12.1. The first-order valence-corrected chi connectivity index (χ1v) is 7.18. The van der Waals surface area contributed by atoms with Crippen molar-refractivity contribution in [2.24, 2.45) is 23.5 Å². The van der Waals surface area contributed by atoms with Crippen molar-refractivity contribution >= 4 is 0 Å². The lowest BCUT2D eigenvalue weighted by Gasteiger charge is -2.35. The van der Waals surface area contributed by atoms with E-state index >= 15 is 0 Å². The van der Waals surface area contributed by atoms with Gasteiger partial charge < -0.3 is 5.73 Å². The molecule has 0 aromatic carbocycles. The van der Waals surface area contributed by atoms with Crippen LogP contribution in [0.15, 0.2) is 12.1 Å². The van der Waals surface area contributed by atoms with Crippen LogP contribution >= 0.6 is 0 Å². The molecule has 4 unspecified atom stereocenters. The van der Waals surface area contributed by atoms with Crippen LogP contribution in [0.25, 0.3) is 0 Å². The Balaban J connectivity index is 2.13. The van der Waals surface area contributed by atoms with Crippen LogP contribution in [-0.4, -0.2) is 4.98 Å². The summed E-state index contributed by atoms with van der Waals surface area (Å²) in [5, 5.41) is 0. The van der Waals surface area contributed by atoms with Crippen LogP contribution < -0.4 is 5.73 Å². The fourth-order valence-corrected chi connectivity index (χ4v) is 3.22. The Morgan fingerprint density at radius 1 is 1.17 bits per heavy atom. The Kier molecular flexibility index (Phi) is 4.06. The molecule has 1 aromatic rings. The topological polar surface area (TPSA) is 38.9 Å². The number of aromatic nitrogens is 1. The Morgan fingerprint density at radius 3 is 2.50 bits per heavy atom. The summed E-state index contributed by atoms with van der Waals surface area (Å²) in [7, 11) is 0. The summed E-state index contributed by atoms with van der Waals surface area (Å²) in [5.74, 6) is 2.28. The molecule has 2 heteroatoms. The Morgan fingerprint density at radius 2 is 1.89 bits per heavy atom. The molecule has 2 rings (SSSR count). The van der Waals surface area contributed by atoms with E-state index in [0.29, 0.717) is 5.92 Å². The van der Waals surface area contributed by atoms with Gasteiger partial charge in [0.2, 0.25) is 0 Å². The van der Waals surface area contributed by atoms with Gasteiger partial charge in [0, 0.05) is 17.4 Å². The summed E-state index contributed by atoms with van der Waals surface area (Å²) in [6.45, 7) is 8.85. The molecule has 1 fully saturated rings. The maximum absolute atomic E-state index is 6.49. The summed E-state index contributed by atoms with van der Waals surface area (Å²) in [5.41, 5.74) is 9.91. The third-order valence-electron chi connectivity index (χ3n) is 4.77. The summed E-state index contributed by atoms with van der Waals surface area (Å²) in [6.07, 6.45) is 3.84. The van der Waals surface area contributed by atoms with Gasteiger partial charge in [0.15, 0.2) is 0 Å². The van der Waals surface area contributed by atoms with Crippen molar-refractivity contribution < 1.29 is 0 Å². The summed E-state index contributed by atoms with van der Waals surface area (Å²) in [6, 6.07) is 4.41. The van der Waals surface area contributed by atoms with Gasteiger partial charge in [-0.25, -0.2) is 0 Å². The molecule has 1 saturated carbocycles. The van der Waals surface area contributed by atoms with E-state index in [2.05, 4.69) is 37.9 Å². The van der Waals surface area contributed by atoms with E-state index in [4.69, 9.17) is 5.73 Å². The molecule has 0 radical (unpaired) electrons. The Hall–Kier alpha value is -0.890. The molecule has 0 bridgehead atoms. The van der Waals surface area contributed by atoms with Crippen molar-refractivity contribution in [2.75, 3.05) is 0 Å². The normalized spacial score (nSPS) is 30.2. The molecule has 2 N–H and O–H groups in total. The van der Waals surface area contributed by atoms with E-state index < -0.39 is 0 Å². The van der Waals surface area contributed by atoms with Crippen LogP contribution in [0, 0.1) is 31.6 Å². The van der Waals surface area contributed by atoms with Gasteiger partial charge in [-0.1, -0.05) is 26.3 Å². The van der Waals surface area contributed by atoms with E-state index in [-0.39, 0.29) is 6.04 Å². The molecule has 0 spiro atoms. The van der Waals surface area contributed by atoms with Gasteiger partial charge in [0.25, 0.3) is 0 Å². The second-order valence-electron chi connectivity index (χ2n) is 6.18. The average molecular weight is 246 g/mol. The zero-order valence-electron chi connectivity index (χ0n) is 12.1. The fraction of sp³-hybridized carbons (Fsp3) is 0.688. The summed E-state index contributed by atoms with van der Waals surface area (Å²) < 4.78 is 0. The predicted octanol–water partition coefficient (Wildman–Crippen LogP) is 3.77. The molecule has 0 amide bonds. The molecule has 4 atom stereocenters. The SMILES string of the molecule is Cc1ccc(C(N)C2CCC(C)C(C)C2)c(C)n1. The van der Waals surface area contributed by atoms with Gasteiger partial charge in [0.05, 0.1) is 0 Å². The van der Waals surface area contributed by atoms with Crippen LogP contribution in [0.4, 0.5) is 0 Å². The van der Waals surface area contributed by atoms with Gasteiger partial charge in [-0.2, -0.15) is 0 Å². The zero-order chi connectivity index (χ0) is 13.3. The van der Waals surface area contributed by atoms with Crippen molar-refractivity contribution in [3.05, 3.63) is 29.1 Å². The lowest BCUT2D eigenvalue weighted by atomic mass is 9.72. The molecule has 2 nitrogen and oxygen atoms in total. The van der Waals surface area contributed by atoms with Crippen molar-refractivity contribution in [2.45, 2.75) is 53.0 Å². The molecule has 1 aliphatic rings. The smallest absolute Gasteiger partial charge is 0.0423 e. The highest BCUT2D eigenvalue weighted by Gasteiger charge is 2.29. The largest absolute Gasteiger partial charge is 0.324 e. The lowest BCUT2D eigenvalue weighted by molar-refractivity contribution is 0.185. The minimum absolute atomic E-state index is 0.160. The van der Waals surface area contributed by atoms with Gasteiger partial charge in [-0.3, -0.25) is 4.98 Å². The van der Waals surface area contributed by atoms with E-state index in [1.54, 1.807) is 0 Å². The fourth-order valence-electron chi connectivity index (χ4n) is 3.22. The van der Waals surface area contributed by atoms with Gasteiger partial charge in [-0.05, 0) is 56.1 Å². The molecule has 0 aliphatic heterocycles. The van der Waals surface area contributed by atoms with Crippen molar-refractivity contribution in [3.8, 4) is 0 Å². The van der Waals surface area contributed by atoms with Crippen molar-refractivity contribution in [3.63, 3.8) is 0 Å². The number of aryl methyl sites for hydroxylation is 2. The maximum Gasteiger partial charge on any atom is 0.0423 e. The number of nitrogens with zero attached hydrogens (tertiary/aromatic N) is 1. The van der Waals surface area contributed by atoms with Gasteiger partial charge >= 0.3 is 0 Å². The van der Waals surface area contributed by atoms with E-state index in [1.807, 2.05) is 6.92 Å². The first kappa shape index (κ1) is 13.5. The second-order valence-corrected chi connectivity index (χ2v) is 6.18. The monoisotopic (exact) mass is 246 g/mol. The van der Waals surface area contributed by atoms with Crippen molar-refractivity contribution in [1.82, 2.24) is 4.98 Å². The van der Waals surface area contributed by atoms with Crippen LogP contribution in [0.5, 0.6) is 0 Å². The highest BCUT2D eigenvalue weighted by Crippen LogP contribution is 2.39. The Bertz CT molecular complexity index is 414. The first-order valence-electron chi connectivity index (χ1n) is 7.18. The van der Waals surface area contributed by atoms with Crippen LogP contribution in [0.1, 0.15) is 56.1 Å². The number of hydrogen-bond acceptors (Lipinski definition) is 2. The van der Waals surface area contributed by atoms with Crippen LogP contribution in [0.2, 0.25) is 0 Å².